The Morgan fingerprint density at radius 2 is 1.52 bits per heavy atom. The van der Waals surface area contributed by atoms with Crippen molar-refractivity contribution in [2.75, 3.05) is 5.32 Å². The van der Waals surface area contributed by atoms with Crippen molar-refractivity contribution in [3.8, 4) is 0 Å². The fourth-order valence-electron chi connectivity index (χ4n) is 3.13. The van der Waals surface area contributed by atoms with E-state index in [0.29, 0.717) is 10.8 Å². The second-order valence-electron chi connectivity index (χ2n) is 7.84. The molecule has 0 radical (unpaired) electrons. The zero-order chi connectivity index (χ0) is 24.1. The Bertz CT molecular complexity index is 1130. The molecule has 6 nitrogen and oxygen atoms in total. The summed E-state index contributed by atoms with van der Waals surface area (Å²) in [5.41, 5.74) is 1.56. The smallest absolute Gasteiger partial charge is 0.257 e. The molecular weight excluding hydrogens is 446 g/mol. The highest BCUT2D eigenvalue weighted by molar-refractivity contribution is 7.99. The number of carbonyl (C=O) groups is 2. The van der Waals surface area contributed by atoms with Crippen LogP contribution in [0.3, 0.4) is 0 Å². The van der Waals surface area contributed by atoms with E-state index in [0.717, 1.165) is 28.4 Å². The quantitative estimate of drug-likeness (QED) is 0.479. The molecule has 2 amide bonds. The molecule has 1 heterocycles. The molecular formula is C24H24F2N4O2S. The standard InChI is InChI=1S/C24H24F2N4O2S/c1-13(2)21(30-22(31)20-18(25)6-5-7-19(20)26)23(32)29-16-8-10-17(11-9-16)33-24-27-14(3)12-15(4)28-24/h5-13,21H,1-4H3,(H,29,32)(H,30,31)/t21-/m0/s1. The second kappa shape index (κ2) is 10.5. The number of nitrogens with one attached hydrogen (secondary N) is 2. The van der Waals surface area contributed by atoms with Gasteiger partial charge in [0.25, 0.3) is 5.91 Å². The number of nitrogens with zero attached hydrogens (tertiary/aromatic N) is 2. The van der Waals surface area contributed by atoms with Gasteiger partial charge in [0, 0.05) is 22.0 Å². The van der Waals surface area contributed by atoms with Gasteiger partial charge in [-0.2, -0.15) is 0 Å². The maximum Gasteiger partial charge on any atom is 0.257 e. The third-order valence-corrected chi connectivity index (χ3v) is 5.59. The fraction of sp³-hybridized carbons (Fsp3) is 0.250. The molecule has 0 bridgehead atoms. The molecule has 1 atom stereocenters. The summed E-state index contributed by atoms with van der Waals surface area (Å²) in [5, 5.41) is 5.81. The summed E-state index contributed by atoms with van der Waals surface area (Å²) >= 11 is 1.40. The molecule has 1 aromatic heterocycles. The lowest BCUT2D eigenvalue weighted by molar-refractivity contribution is -0.118. The highest BCUT2D eigenvalue weighted by atomic mass is 32.2. The Labute approximate surface area is 195 Å². The molecule has 172 valence electrons. The van der Waals surface area contributed by atoms with Crippen molar-refractivity contribution in [3.05, 3.63) is 77.1 Å². The van der Waals surface area contributed by atoms with Crippen LogP contribution in [-0.2, 0) is 4.79 Å². The van der Waals surface area contributed by atoms with Crippen molar-refractivity contribution >= 4 is 29.3 Å². The lowest BCUT2D eigenvalue weighted by atomic mass is 10.0. The number of aromatic nitrogens is 2. The van der Waals surface area contributed by atoms with Crippen molar-refractivity contribution in [3.63, 3.8) is 0 Å². The summed E-state index contributed by atoms with van der Waals surface area (Å²) in [5.74, 6) is -3.78. The SMILES string of the molecule is Cc1cc(C)nc(Sc2ccc(NC(=O)[C@@H](NC(=O)c3c(F)cccc3F)C(C)C)cc2)n1. The molecule has 0 aliphatic heterocycles. The van der Waals surface area contributed by atoms with Crippen LogP contribution in [0.2, 0.25) is 0 Å². The molecule has 2 aromatic carbocycles. The number of carbonyl (C=O) groups excluding carboxylic acids is 2. The first-order valence-corrected chi connectivity index (χ1v) is 11.1. The first-order chi connectivity index (χ1) is 15.6. The van der Waals surface area contributed by atoms with Crippen LogP contribution >= 0.6 is 11.8 Å². The van der Waals surface area contributed by atoms with Gasteiger partial charge in [0.15, 0.2) is 5.16 Å². The first kappa shape index (κ1) is 24.3. The minimum absolute atomic E-state index is 0.319. The number of anilines is 1. The molecule has 2 N–H and O–H groups in total. The van der Waals surface area contributed by atoms with E-state index in [-0.39, 0.29) is 5.92 Å². The molecule has 0 fully saturated rings. The van der Waals surface area contributed by atoms with Crippen LogP contribution < -0.4 is 10.6 Å². The monoisotopic (exact) mass is 470 g/mol. The summed E-state index contributed by atoms with van der Waals surface area (Å²) < 4.78 is 27.9. The minimum Gasteiger partial charge on any atom is -0.340 e. The molecule has 0 spiro atoms. The van der Waals surface area contributed by atoms with Crippen LogP contribution in [0.5, 0.6) is 0 Å². The van der Waals surface area contributed by atoms with Gasteiger partial charge in [-0.15, -0.1) is 0 Å². The van der Waals surface area contributed by atoms with Crippen molar-refractivity contribution < 1.29 is 18.4 Å². The van der Waals surface area contributed by atoms with E-state index in [1.807, 2.05) is 32.0 Å². The van der Waals surface area contributed by atoms with Gasteiger partial charge in [-0.3, -0.25) is 9.59 Å². The molecule has 33 heavy (non-hydrogen) atoms. The third kappa shape index (κ3) is 6.35. The van der Waals surface area contributed by atoms with Crippen LogP contribution in [0.1, 0.15) is 35.6 Å². The molecule has 3 aromatic rings. The maximum absolute atomic E-state index is 13.9. The van der Waals surface area contributed by atoms with Crippen LogP contribution in [0.15, 0.2) is 58.6 Å². The van der Waals surface area contributed by atoms with Gasteiger partial charge in [-0.25, -0.2) is 18.7 Å². The largest absolute Gasteiger partial charge is 0.340 e. The van der Waals surface area contributed by atoms with Gasteiger partial charge in [0.1, 0.15) is 23.2 Å². The molecule has 0 aliphatic carbocycles. The van der Waals surface area contributed by atoms with E-state index in [1.165, 1.54) is 17.8 Å². The van der Waals surface area contributed by atoms with Crippen LogP contribution in [0, 0.1) is 31.4 Å². The lowest BCUT2D eigenvalue weighted by Gasteiger charge is -2.22. The maximum atomic E-state index is 13.9. The van der Waals surface area contributed by atoms with Crippen molar-refractivity contribution in [1.29, 1.82) is 0 Å². The molecule has 0 aliphatic rings. The van der Waals surface area contributed by atoms with Crippen LogP contribution in [-0.4, -0.2) is 27.8 Å². The summed E-state index contributed by atoms with van der Waals surface area (Å²) in [7, 11) is 0. The van der Waals surface area contributed by atoms with E-state index < -0.39 is 35.1 Å². The highest BCUT2D eigenvalue weighted by Gasteiger charge is 2.27. The average Bonchev–Trinajstić information content (AvgIpc) is 2.72. The molecule has 3 rings (SSSR count). The van der Waals surface area contributed by atoms with Crippen molar-refractivity contribution in [2.45, 2.75) is 43.8 Å². The van der Waals surface area contributed by atoms with E-state index in [1.54, 1.807) is 26.0 Å². The fourth-order valence-corrected chi connectivity index (χ4v) is 4.00. The lowest BCUT2D eigenvalue weighted by Crippen LogP contribution is -2.47. The molecule has 0 saturated carbocycles. The number of hydrogen-bond donors (Lipinski definition) is 2. The van der Waals surface area contributed by atoms with Gasteiger partial charge in [0.05, 0.1) is 0 Å². The van der Waals surface area contributed by atoms with Crippen LogP contribution in [0.4, 0.5) is 14.5 Å². The van der Waals surface area contributed by atoms with E-state index in [2.05, 4.69) is 20.6 Å². The van der Waals surface area contributed by atoms with Gasteiger partial charge in [0.2, 0.25) is 5.91 Å². The van der Waals surface area contributed by atoms with Gasteiger partial charge in [-0.05, 0) is 74.0 Å². The first-order valence-electron chi connectivity index (χ1n) is 10.3. The van der Waals surface area contributed by atoms with Crippen LogP contribution in [0.25, 0.3) is 0 Å². The normalized spacial score (nSPS) is 11.8. The predicted octanol–water partition coefficient (Wildman–Crippen LogP) is 4.92. The Kier molecular flexibility index (Phi) is 7.75. The number of amides is 2. The minimum atomic E-state index is -0.991. The Morgan fingerprint density at radius 3 is 2.06 bits per heavy atom. The van der Waals surface area contributed by atoms with E-state index in [4.69, 9.17) is 0 Å². The highest BCUT2D eigenvalue weighted by Crippen LogP contribution is 2.26. The number of aryl methyl sites for hydroxylation is 2. The van der Waals surface area contributed by atoms with E-state index >= 15 is 0 Å². The molecule has 0 unspecified atom stereocenters. The summed E-state index contributed by atoms with van der Waals surface area (Å²) in [6, 6.07) is 11.1. The van der Waals surface area contributed by atoms with Gasteiger partial charge < -0.3 is 10.6 Å². The van der Waals surface area contributed by atoms with Gasteiger partial charge >= 0.3 is 0 Å². The summed E-state index contributed by atoms with van der Waals surface area (Å²) in [4.78, 5) is 34.9. The zero-order valence-electron chi connectivity index (χ0n) is 18.6. The Morgan fingerprint density at radius 1 is 0.939 bits per heavy atom. The van der Waals surface area contributed by atoms with E-state index in [9.17, 15) is 18.4 Å². The number of halogens is 2. The van der Waals surface area contributed by atoms with Crippen molar-refractivity contribution in [2.24, 2.45) is 5.92 Å². The summed E-state index contributed by atoms with van der Waals surface area (Å²) in [6.07, 6.45) is 0. The Balaban J connectivity index is 1.68. The number of hydrogen-bond acceptors (Lipinski definition) is 5. The Hall–Kier alpha value is -3.33. The predicted molar refractivity (Wildman–Crippen MR) is 123 cm³/mol. The average molecular weight is 471 g/mol. The second-order valence-corrected chi connectivity index (χ2v) is 8.88. The third-order valence-electron chi connectivity index (χ3n) is 4.72. The van der Waals surface area contributed by atoms with Crippen molar-refractivity contribution in [1.82, 2.24) is 15.3 Å². The molecule has 0 saturated heterocycles. The van der Waals surface area contributed by atoms with Gasteiger partial charge in [-0.1, -0.05) is 19.9 Å². The number of rotatable bonds is 7. The summed E-state index contributed by atoms with van der Waals surface area (Å²) in [6.45, 7) is 7.27. The zero-order valence-corrected chi connectivity index (χ0v) is 19.5. The topological polar surface area (TPSA) is 84.0 Å². The molecule has 9 heteroatoms. The number of benzene rings is 2.